The molecule has 0 heterocycles. The Morgan fingerprint density at radius 3 is 2.27 bits per heavy atom. The van der Waals surface area contributed by atoms with E-state index in [1.54, 1.807) is 0 Å². The Balaban J connectivity index is 2.54. The number of hydrogen-bond acceptors (Lipinski definition) is 0. The zero-order valence-electron chi connectivity index (χ0n) is 9.20. The van der Waals surface area contributed by atoms with E-state index in [0.717, 1.165) is 0 Å². The second-order valence-electron chi connectivity index (χ2n) is 3.67. The molecule has 0 fully saturated rings. The van der Waals surface area contributed by atoms with Gasteiger partial charge in [-0.1, -0.05) is 60.8 Å². The van der Waals surface area contributed by atoms with E-state index in [2.05, 4.69) is 69.6 Å². The fourth-order valence-corrected chi connectivity index (χ4v) is 1.90. The van der Waals surface area contributed by atoms with Crippen LogP contribution >= 0.6 is 0 Å². The van der Waals surface area contributed by atoms with Crippen LogP contribution in [0, 0.1) is 6.92 Å². The fourth-order valence-electron chi connectivity index (χ4n) is 1.90. The summed E-state index contributed by atoms with van der Waals surface area (Å²) < 4.78 is 0. The highest BCUT2D eigenvalue weighted by atomic mass is 14.0. The molecular formula is C14H14B. The molecule has 0 bridgehead atoms. The second-order valence-corrected chi connectivity index (χ2v) is 3.67. The van der Waals surface area contributed by atoms with E-state index in [4.69, 9.17) is 0 Å². The molecule has 2 aromatic carbocycles. The molecule has 0 aromatic heterocycles. The molecule has 1 radical (unpaired) electrons. The van der Waals surface area contributed by atoms with Crippen LogP contribution in [0.2, 0.25) is 6.82 Å². The first-order chi connectivity index (χ1) is 7.33. The molecule has 0 unspecified atom stereocenters. The van der Waals surface area contributed by atoms with Crippen molar-refractivity contribution in [1.82, 2.24) is 0 Å². The largest absolute Gasteiger partial charge is 0.148 e. The van der Waals surface area contributed by atoms with E-state index in [1.165, 1.54) is 22.2 Å². The third-order valence-electron chi connectivity index (χ3n) is 2.77. The number of hydrogen-bond donors (Lipinski definition) is 0. The van der Waals surface area contributed by atoms with Crippen LogP contribution in [0.15, 0.2) is 48.5 Å². The first kappa shape index (κ1) is 10.0. The summed E-state index contributed by atoms with van der Waals surface area (Å²) in [6.45, 7) is 4.26. The van der Waals surface area contributed by atoms with Crippen LogP contribution in [0.5, 0.6) is 0 Å². The predicted octanol–water partition coefficient (Wildman–Crippen LogP) is 3.04. The zero-order valence-corrected chi connectivity index (χ0v) is 9.20. The Labute approximate surface area is 92.2 Å². The first-order valence-corrected chi connectivity index (χ1v) is 5.27. The van der Waals surface area contributed by atoms with Crippen molar-refractivity contribution in [2.75, 3.05) is 0 Å². The molecule has 73 valence electrons. The van der Waals surface area contributed by atoms with E-state index >= 15 is 0 Å². The third-order valence-corrected chi connectivity index (χ3v) is 2.77. The molecule has 0 atom stereocenters. The lowest BCUT2D eigenvalue weighted by molar-refractivity contribution is 1.49. The zero-order chi connectivity index (χ0) is 10.7. The number of benzene rings is 2. The summed E-state index contributed by atoms with van der Waals surface area (Å²) in [5.74, 6) is 0. The van der Waals surface area contributed by atoms with Gasteiger partial charge in [-0.05, 0) is 23.6 Å². The van der Waals surface area contributed by atoms with E-state index in [9.17, 15) is 0 Å². The molecule has 0 saturated carbocycles. The van der Waals surface area contributed by atoms with E-state index in [-0.39, 0.29) is 0 Å². The Kier molecular flexibility index (Phi) is 2.91. The summed E-state index contributed by atoms with van der Waals surface area (Å²) >= 11 is 0. The van der Waals surface area contributed by atoms with Gasteiger partial charge < -0.3 is 0 Å². The van der Waals surface area contributed by atoms with Crippen LogP contribution in [0.4, 0.5) is 0 Å². The molecule has 2 aromatic rings. The van der Waals surface area contributed by atoms with Crippen molar-refractivity contribution < 1.29 is 0 Å². The Morgan fingerprint density at radius 1 is 0.867 bits per heavy atom. The Morgan fingerprint density at radius 2 is 1.60 bits per heavy atom. The van der Waals surface area contributed by atoms with E-state index in [0.29, 0.717) is 0 Å². The summed E-state index contributed by atoms with van der Waals surface area (Å²) in [6, 6.07) is 17.0. The third kappa shape index (κ3) is 1.96. The summed E-state index contributed by atoms with van der Waals surface area (Å²) in [7, 11) is 2.15. The van der Waals surface area contributed by atoms with Crippen LogP contribution in [0.3, 0.4) is 0 Å². The van der Waals surface area contributed by atoms with Gasteiger partial charge in [0.25, 0.3) is 0 Å². The quantitative estimate of drug-likeness (QED) is 0.643. The van der Waals surface area contributed by atoms with Gasteiger partial charge in [0.2, 0.25) is 0 Å². The van der Waals surface area contributed by atoms with Crippen LogP contribution in [0.25, 0.3) is 11.1 Å². The summed E-state index contributed by atoms with van der Waals surface area (Å²) in [5, 5.41) is 0. The molecular weight excluding hydrogens is 179 g/mol. The molecule has 0 aliphatic rings. The van der Waals surface area contributed by atoms with E-state index in [1.807, 2.05) is 0 Å². The lowest BCUT2D eigenvalue weighted by Gasteiger charge is -2.09. The normalized spacial score (nSPS) is 10.0. The van der Waals surface area contributed by atoms with Crippen LogP contribution < -0.4 is 5.46 Å². The molecule has 0 spiro atoms. The van der Waals surface area contributed by atoms with Gasteiger partial charge >= 0.3 is 0 Å². The molecule has 2 rings (SSSR count). The molecule has 1 heteroatoms. The Hall–Kier alpha value is -1.50. The lowest BCUT2D eigenvalue weighted by atomic mass is 9.70. The first-order valence-electron chi connectivity index (χ1n) is 5.27. The molecule has 0 amide bonds. The maximum absolute atomic E-state index is 2.18. The van der Waals surface area contributed by atoms with Gasteiger partial charge in [0, 0.05) is 0 Å². The average Bonchev–Trinajstić information content (AvgIpc) is 2.30. The van der Waals surface area contributed by atoms with E-state index < -0.39 is 0 Å². The smallest absolute Gasteiger partial charge is 0.0872 e. The maximum Gasteiger partial charge on any atom is 0.148 e. The topological polar surface area (TPSA) is 0 Å². The highest BCUT2D eigenvalue weighted by Gasteiger charge is 2.03. The fraction of sp³-hybridized carbons (Fsp3) is 0.143. The van der Waals surface area contributed by atoms with Gasteiger partial charge in [0.1, 0.15) is 7.28 Å². The SMILES string of the molecule is C[B]c1cccc(-c2ccccc2)c1C. The Bertz CT molecular complexity index is 446. The average molecular weight is 193 g/mol. The van der Waals surface area contributed by atoms with Crippen LogP contribution in [-0.2, 0) is 0 Å². The molecule has 0 aliphatic heterocycles. The van der Waals surface area contributed by atoms with Crippen LogP contribution in [-0.4, -0.2) is 7.28 Å². The molecule has 0 N–H and O–H groups in total. The molecule has 0 nitrogen and oxygen atoms in total. The predicted molar refractivity (Wildman–Crippen MR) is 67.9 cm³/mol. The van der Waals surface area contributed by atoms with Crippen molar-refractivity contribution in [2.45, 2.75) is 13.7 Å². The van der Waals surface area contributed by atoms with Crippen molar-refractivity contribution in [3.05, 3.63) is 54.1 Å². The highest BCUT2D eigenvalue weighted by molar-refractivity contribution is 6.52. The molecule has 0 aliphatic carbocycles. The minimum absolute atomic E-state index is 1.29. The van der Waals surface area contributed by atoms with Gasteiger partial charge in [-0.25, -0.2) is 0 Å². The minimum atomic E-state index is 1.29. The monoisotopic (exact) mass is 193 g/mol. The van der Waals surface area contributed by atoms with Gasteiger partial charge in [-0.15, -0.1) is 0 Å². The van der Waals surface area contributed by atoms with Crippen LogP contribution in [0.1, 0.15) is 5.56 Å². The second kappa shape index (κ2) is 4.35. The van der Waals surface area contributed by atoms with Gasteiger partial charge in [-0.3, -0.25) is 0 Å². The standard InChI is InChI=1S/C14H14B/c1-11-13(9-6-10-14(11)15-2)12-7-4-3-5-8-12/h3-10H,1-2H3. The van der Waals surface area contributed by atoms with Crippen molar-refractivity contribution in [3.8, 4) is 11.1 Å². The number of rotatable bonds is 2. The van der Waals surface area contributed by atoms with Gasteiger partial charge in [0.15, 0.2) is 0 Å². The lowest BCUT2D eigenvalue weighted by Crippen LogP contribution is -2.14. The minimum Gasteiger partial charge on any atom is -0.0872 e. The van der Waals surface area contributed by atoms with Gasteiger partial charge in [0.05, 0.1) is 0 Å². The van der Waals surface area contributed by atoms with Crippen molar-refractivity contribution in [2.24, 2.45) is 0 Å². The summed E-state index contributed by atoms with van der Waals surface area (Å²) in [6.07, 6.45) is 0. The highest BCUT2D eigenvalue weighted by Crippen LogP contribution is 2.21. The molecule has 15 heavy (non-hydrogen) atoms. The molecule has 0 saturated heterocycles. The van der Waals surface area contributed by atoms with Gasteiger partial charge in [-0.2, -0.15) is 0 Å². The maximum atomic E-state index is 2.18. The summed E-state index contributed by atoms with van der Waals surface area (Å²) in [5.41, 5.74) is 5.28. The van der Waals surface area contributed by atoms with Crippen molar-refractivity contribution in [3.63, 3.8) is 0 Å². The summed E-state index contributed by atoms with van der Waals surface area (Å²) in [4.78, 5) is 0. The van der Waals surface area contributed by atoms with Crippen molar-refractivity contribution in [1.29, 1.82) is 0 Å². The van der Waals surface area contributed by atoms with Crippen molar-refractivity contribution >= 4 is 12.7 Å².